The zero-order valence-corrected chi connectivity index (χ0v) is 14.6. The first-order chi connectivity index (χ1) is 11.5. The van der Waals surface area contributed by atoms with Crippen molar-refractivity contribution < 1.29 is 34.5 Å². The Morgan fingerprint density at radius 1 is 1.04 bits per heavy atom. The summed E-state index contributed by atoms with van der Waals surface area (Å²) in [5.74, 6) is -4.33. The second-order valence-corrected chi connectivity index (χ2v) is 5.97. The van der Waals surface area contributed by atoms with E-state index < -0.39 is 54.4 Å². The molecule has 25 heavy (non-hydrogen) atoms. The second-order valence-electron chi connectivity index (χ2n) is 5.97. The topological polar surface area (TPSA) is 179 Å². The van der Waals surface area contributed by atoms with Crippen LogP contribution in [0.25, 0.3) is 0 Å². The van der Waals surface area contributed by atoms with Gasteiger partial charge in [-0.05, 0) is 19.3 Å². The minimum Gasteiger partial charge on any atom is -0.481 e. The monoisotopic (exact) mass is 361 g/mol. The van der Waals surface area contributed by atoms with Crippen molar-refractivity contribution in [3.63, 3.8) is 0 Å². The SMILES string of the molecule is CCC(C)C(N)C(=O)NC(CCC(=O)O)C(=O)NC(C(=O)O)C(C)O. The predicted octanol–water partition coefficient (Wildman–Crippen LogP) is -1.34. The van der Waals surface area contributed by atoms with Crippen molar-refractivity contribution in [2.45, 2.75) is 64.3 Å². The minimum absolute atomic E-state index is 0.160. The van der Waals surface area contributed by atoms with Crippen molar-refractivity contribution in [1.29, 1.82) is 0 Å². The van der Waals surface area contributed by atoms with Gasteiger partial charge >= 0.3 is 11.9 Å². The molecule has 0 aromatic carbocycles. The summed E-state index contributed by atoms with van der Waals surface area (Å²) >= 11 is 0. The first-order valence-electron chi connectivity index (χ1n) is 8.00. The molecular weight excluding hydrogens is 334 g/mol. The highest BCUT2D eigenvalue weighted by Gasteiger charge is 2.31. The van der Waals surface area contributed by atoms with E-state index in [4.69, 9.17) is 15.9 Å². The lowest BCUT2D eigenvalue weighted by atomic mass is 9.98. The molecule has 10 heteroatoms. The molecule has 0 saturated heterocycles. The fourth-order valence-corrected chi connectivity index (χ4v) is 1.96. The van der Waals surface area contributed by atoms with Crippen LogP contribution in [0.3, 0.4) is 0 Å². The van der Waals surface area contributed by atoms with Crippen LogP contribution in [0.5, 0.6) is 0 Å². The van der Waals surface area contributed by atoms with E-state index in [1.54, 1.807) is 6.92 Å². The summed E-state index contributed by atoms with van der Waals surface area (Å²) in [6, 6.07) is -3.75. The van der Waals surface area contributed by atoms with Crippen molar-refractivity contribution >= 4 is 23.8 Å². The Balaban J connectivity index is 5.14. The molecule has 5 atom stereocenters. The molecule has 2 amide bonds. The second kappa shape index (κ2) is 10.6. The van der Waals surface area contributed by atoms with Gasteiger partial charge in [0.25, 0.3) is 0 Å². The van der Waals surface area contributed by atoms with Crippen molar-refractivity contribution in [2.75, 3.05) is 0 Å². The molecule has 0 aromatic heterocycles. The number of amides is 2. The average Bonchev–Trinajstić information content (AvgIpc) is 2.53. The van der Waals surface area contributed by atoms with Gasteiger partial charge in [0.1, 0.15) is 6.04 Å². The van der Waals surface area contributed by atoms with Crippen LogP contribution in [0, 0.1) is 5.92 Å². The predicted molar refractivity (Wildman–Crippen MR) is 87.5 cm³/mol. The van der Waals surface area contributed by atoms with Gasteiger partial charge in [-0.3, -0.25) is 14.4 Å². The van der Waals surface area contributed by atoms with E-state index >= 15 is 0 Å². The summed E-state index contributed by atoms with van der Waals surface area (Å²) < 4.78 is 0. The fraction of sp³-hybridized carbons (Fsp3) is 0.733. The summed E-state index contributed by atoms with van der Waals surface area (Å²) in [6.45, 7) is 4.78. The number of carboxylic acid groups (broad SMARTS) is 2. The molecule has 0 bridgehead atoms. The minimum atomic E-state index is -1.58. The molecule has 0 aromatic rings. The number of aliphatic hydroxyl groups is 1. The number of nitrogens with one attached hydrogen (secondary N) is 2. The third-order valence-corrected chi connectivity index (χ3v) is 3.89. The summed E-state index contributed by atoms with van der Waals surface area (Å²) in [7, 11) is 0. The van der Waals surface area contributed by atoms with Gasteiger partial charge in [0.15, 0.2) is 6.04 Å². The summed E-state index contributed by atoms with van der Waals surface area (Å²) in [5, 5.41) is 31.6. The van der Waals surface area contributed by atoms with Crippen LogP contribution in [-0.4, -0.2) is 63.3 Å². The zero-order valence-electron chi connectivity index (χ0n) is 14.6. The lowest BCUT2D eigenvalue weighted by Crippen LogP contribution is -2.57. The van der Waals surface area contributed by atoms with Crippen LogP contribution in [-0.2, 0) is 19.2 Å². The first-order valence-corrected chi connectivity index (χ1v) is 8.00. The largest absolute Gasteiger partial charge is 0.481 e. The highest BCUT2D eigenvalue weighted by molar-refractivity contribution is 5.92. The van der Waals surface area contributed by atoms with E-state index in [0.717, 1.165) is 0 Å². The van der Waals surface area contributed by atoms with Gasteiger partial charge in [0.05, 0.1) is 12.1 Å². The number of aliphatic hydroxyl groups excluding tert-OH is 1. The van der Waals surface area contributed by atoms with Crippen molar-refractivity contribution in [3.8, 4) is 0 Å². The van der Waals surface area contributed by atoms with Gasteiger partial charge < -0.3 is 31.7 Å². The van der Waals surface area contributed by atoms with Crippen LogP contribution in [0.2, 0.25) is 0 Å². The van der Waals surface area contributed by atoms with Gasteiger partial charge in [0, 0.05) is 6.42 Å². The molecule has 0 saturated carbocycles. The first kappa shape index (κ1) is 22.8. The summed E-state index contributed by atoms with van der Waals surface area (Å²) in [6.07, 6.45) is -1.40. The van der Waals surface area contributed by atoms with E-state index in [1.807, 2.05) is 6.92 Å². The molecule has 5 unspecified atom stereocenters. The Morgan fingerprint density at radius 2 is 1.60 bits per heavy atom. The number of carbonyl (C=O) groups is 4. The van der Waals surface area contributed by atoms with Gasteiger partial charge in [-0.15, -0.1) is 0 Å². The van der Waals surface area contributed by atoms with Crippen LogP contribution >= 0.6 is 0 Å². The van der Waals surface area contributed by atoms with E-state index in [-0.39, 0.29) is 12.3 Å². The highest BCUT2D eigenvalue weighted by atomic mass is 16.4. The number of hydrogen-bond donors (Lipinski definition) is 6. The quantitative estimate of drug-likeness (QED) is 0.261. The molecule has 144 valence electrons. The Kier molecular flexibility index (Phi) is 9.69. The molecule has 0 aliphatic heterocycles. The van der Waals surface area contributed by atoms with E-state index in [1.165, 1.54) is 6.92 Å². The summed E-state index contributed by atoms with van der Waals surface area (Å²) in [5.41, 5.74) is 5.78. The lowest BCUT2D eigenvalue weighted by molar-refractivity contribution is -0.145. The Morgan fingerprint density at radius 3 is 2.00 bits per heavy atom. The molecule has 0 radical (unpaired) electrons. The van der Waals surface area contributed by atoms with Crippen molar-refractivity contribution in [3.05, 3.63) is 0 Å². The molecule has 0 aliphatic carbocycles. The molecule has 10 nitrogen and oxygen atoms in total. The maximum absolute atomic E-state index is 12.2. The van der Waals surface area contributed by atoms with Gasteiger partial charge in [-0.2, -0.15) is 0 Å². The smallest absolute Gasteiger partial charge is 0.328 e. The fourth-order valence-electron chi connectivity index (χ4n) is 1.96. The van der Waals surface area contributed by atoms with Crippen LogP contribution in [0.4, 0.5) is 0 Å². The standard InChI is InChI=1S/C15H27N3O7/c1-4-7(2)11(16)14(23)17-9(5-6-10(20)21)13(22)18-12(8(3)19)15(24)25/h7-9,11-12,19H,4-6,16H2,1-3H3,(H,17,23)(H,18,22)(H,20,21)(H,24,25). The third-order valence-electron chi connectivity index (χ3n) is 3.89. The number of carboxylic acids is 2. The zero-order chi connectivity index (χ0) is 19.7. The Hall–Kier alpha value is -2.20. The molecule has 0 rings (SSSR count). The van der Waals surface area contributed by atoms with Crippen molar-refractivity contribution in [1.82, 2.24) is 10.6 Å². The van der Waals surface area contributed by atoms with Crippen LogP contribution in [0.15, 0.2) is 0 Å². The van der Waals surface area contributed by atoms with E-state index in [9.17, 15) is 24.3 Å². The Labute approximate surface area is 145 Å². The number of hydrogen-bond acceptors (Lipinski definition) is 6. The van der Waals surface area contributed by atoms with Gasteiger partial charge in [0.2, 0.25) is 11.8 Å². The lowest BCUT2D eigenvalue weighted by Gasteiger charge is -2.25. The number of rotatable bonds is 11. The molecule has 0 spiro atoms. The number of aliphatic carboxylic acids is 2. The van der Waals surface area contributed by atoms with E-state index in [2.05, 4.69) is 10.6 Å². The normalized spacial score (nSPS) is 16.8. The Bertz CT molecular complexity index is 496. The maximum atomic E-state index is 12.2. The third kappa shape index (κ3) is 7.94. The number of carbonyl (C=O) groups excluding carboxylic acids is 2. The van der Waals surface area contributed by atoms with E-state index in [0.29, 0.717) is 6.42 Å². The molecule has 0 fully saturated rings. The maximum Gasteiger partial charge on any atom is 0.328 e. The summed E-state index contributed by atoms with van der Waals surface area (Å²) in [4.78, 5) is 46.1. The average molecular weight is 361 g/mol. The molecule has 0 heterocycles. The van der Waals surface area contributed by atoms with Crippen LogP contribution in [0.1, 0.15) is 40.0 Å². The van der Waals surface area contributed by atoms with Crippen molar-refractivity contribution in [2.24, 2.45) is 11.7 Å². The molecule has 7 N–H and O–H groups in total. The van der Waals surface area contributed by atoms with Gasteiger partial charge in [-0.1, -0.05) is 20.3 Å². The van der Waals surface area contributed by atoms with Crippen LogP contribution < -0.4 is 16.4 Å². The molecular formula is C15H27N3O7. The number of nitrogens with two attached hydrogens (primary N) is 1. The molecule has 0 aliphatic rings. The highest BCUT2D eigenvalue weighted by Crippen LogP contribution is 2.07. The van der Waals surface area contributed by atoms with Gasteiger partial charge in [-0.25, -0.2) is 4.79 Å².